The summed E-state index contributed by atoms with van der Waals surface area (Å²) in [6, 6.07) is 30.6. The number of nitrogens with zero attached hydrogens (tertiary/aromatic N) is 1. The van der Waals surface area contributed by atoms with Crippen molar-refractivity contribution >= 4 is 31.8 Å². The predicted octanol–water partition coefficient (Wildman–Crippen LogP) is 6.01. The first kappa shape index (κ1) is 17.7. The Hall–Kier alpha value is -3.37. The maximum Gasteiger partial charge on any atom is 0.268 e. The molecule has 0 radical (unpaired) electrons. The molecule has 0 amide bonds. The molecule has 0 unspecified atom stereocenters. The SMILES string of the molecule is Cc1ccc(S(=O)(=O)n2c3ccccc3c3cccc(-c4ccccc4)c32)cc1. The van der Waals surface area contributed by atoms with E-state index in [-0.39, 0.29) is 4.90 Å². The Labute approximate surface area is 169 Å². The lowest BCUT2D eigenvalue weighted by atomic mass is 10.0. The first-order chi connectivity index (χ1) is 14.1. The maximum absolute atomic E-state index is 13.8. The van der Waals surface area contributed by atoms with Gasteiger partial charge in [0.1, 0.15) is 0 Å². The summed E-state index contributed by atoms with van der Waals surface area (Å²) < 4.78 is 29.1. The lowest BCUT2D eigenvalue weighted by molar-refractivity contribution is 0.590. The molecule has 0 aliphatic rings. The van der Waals surface area contributed by atoms with Gasteiger partial charge in [-0.3, -0.25) is 0 Å². The van der Waals surface area contributed by atoms with Crippen LogP contribution < -0.4 is 0 Å². The van der Waals surface area contributed by atoms with Crippen LogP contribution in [0.15, 0.2) is 102 Å². The monoisotopic (exact) mass is 397 g/mol. The van der Waals surface area contributed by atoms with Gasteiger partial charge in [0.05, 0.1) is 15.9 Å². The number of benzene rings is 4. The molecule has 1 heterocycles. The van der Waals surface area contributed by atoms with Crippen LogP contribution >= 0.6 is 0 Å². The summed E-state index contributed by atoms with van der Waals surface area (Å²) >= 11 is 0. The molecule has 0 aliphatic carbocycles. The molecule has 0 aliphatic heterocycles. The average molecular weight is 397 g/mol. The quantitative estimate of drug-likeness (QED) is 0.374. The van der Waals surface area contributed by atoms with Crippen LogP contribution in [-0.4, -0.2) is 12.4 Å². The van der Waals surface area contributed by atoms with Crippen molar-refractivity contribution in [3.8, 4) is 11.1 Å². The molecular weight excluding hydrogens is 378 g/mol. The van der Waals surface area contributed by atoms with Gasteiger partial charge in [0.25, 0.3) is 10.0 Å². The summed E-state index contributed by atoms with van der Waals surface area (Å²) in [5.41, 5.74) is 4.30. The second-order valence-electron chi connectivity index (χ2n) is 7.17. The highest BCUT2D eigenvalue weighted by Gasteiger charge is 2.25. The van der Waals surface area contributed by atoms with Gasteiger partial charge in [-0.15, -0.1) is 0 Å². The Morgan fingerprint density at radius 3 is 2.07 bits per heavy atom. The third-order valence-electron chi connectivity index (χ3n) is 5.30. The van der Waals surface area contributed by atoms with Crippen molar-refractivity contribution in [3.63, 3.8) is 0 Å². The summed E-state index contributed by atoms with van der Waals surface area (Å²) in [5, 5.41) is 1.86. The lowest BCUT2D eigenvalue weighted by Crippen LogP contribution is -2.13. The summed E-state index contributed by atoms with van der Waals surface area (Å²) in [6.45, 7) is 1.95. The van der Waals surface area contributed by atoms with Crippen molar-refractivity contribution in [2.75, 3.05) is 0 Å². The van der Waals surface area contributed by atoms with E-state index in [9.17, 15) is 8.42 Å². The third-order valence-corrected chi connectivity index (χ3v) is 7.02. The predicted molar refractivity (Wildman–Crippen MR) is 119 cm³/mol. The maximum atomic E-state index is 13.8. The van der Waals surface area contributed by atoms with E-state index in [4.69, 9.17) is 0 Å². The third kappa shape index (κ3) is 2.76. The first-order valence-corrected chi connectivity index (χ1v) is 10.9. The molecule has 0 spiro atoms. The number of hydrogen-bond acceptors (Lipinski definition) is 2. The Bertz CT molecular complexity index is 1450. The Kier molecular flexibility index (Phi) is 4.03. The van der Waals surface area contributed by atoms with E-state index in [1.54, 1.807) is 12.1 Å². The molecule has 5 rings (SSSR count). The van der Waals surface area contributed by atoms with Gasteiger partial charge >= 0.3 is 0 Å². The first-order valence-electron chi connectivity index (χ1n) is 9.47. The molecule has 0 saturated carbocycles. The largest absolute Gasteiger partial charge is 0.268 e. The molecule has 1 aromatic heterocycles. The molecular formula is C25H19NO2S. The van der Waals surface area contributed by atoms with Gasteiger partial charge in [0.2, 0.25) is 0 Å². The van der Waals surface area contributed by atoms with Crippen molar-refractivity contribution in [3.05, 3.63) is 103 Å². The van der Waals surface area contributed by atoms with Crippen LogP contribution in [0.4, 0.5) is 0 Å². The second-order valence-corrected chi connectivity index (χ2v) is 8.95. The second kappa shape index (κ2) is 6.61. The van der Waals surface area contributed by atoms with Crippen molar-refractivity contribution in [1.29, 1.82) is 0 Å². The Morgan fingerprint density at radius 2 is 1.31 bits per heavy atom. The minimum absolute atomic E-state index is 0.286. The van der Waals surface area contributed by atoms with E-state index in [2.05, 4.69) is 0 Å². The molecule has 0 saturated heterocycles. The van der Waals surface area contributed by atoms with Gasteiger partial charge in [-0.05, 0) is 30.7 Å². The Balaban J connectivity index is 1.95. The van der Waals surface area contributed by atoms with Crippen molar-refractivity contribution in [2.45, 2.75) is 11.8 Å². The molecule has 5 aromatic rings. The van der Waals surface area contributed by atoms with Gasteiger partial charge in [0, 0.05) is 16.3 Å². The minimum Gasteiger partial charge on any atom is -0.233 e. The molecule has 0 fully saturated rings. The molecule has 0 bridgehead atoms. The zero-order valence-corrected chi connectivity index (χ0v) is 16.7. The van der Waals surface area contributed by atoms with Gasteiger partial charge in [0.15, 0.2) is 0 Å². The summed E-state index contributed by atoms with van der Waals surface area (Å²) in [4.78, 5) is 0.286. The van der Waals surface area contributed by atoms with Crippen molar-refractivity contribution in [1.82, 2.24) is 3.97 Å². The van der Waals surface area contributed by atoms with E-state index < -0.39 is 10.0 Å². The van der Waals surface area contributed by atoms with Crippen molar-refractivity contribution in [2.24, 2.45) is 0 Å². The van der Waals surface area contributed by atoms with Crippen LogP contribution in [0.25, 0.3) is 32.9 Å². The number of aryl methyl sites for hydroxylation is 1. The topological polar surface area (TPSA) is 39.1 Å². The summed E-state index contributed by atoms with van der Waals surface area (Å²) in [6.07, 6.45) is 0. The molecule has 0 N–H and O–H groups in total. The minimum atomic E-state index is -3.78. The number of fused-ring (bicyclic) bond motifs is 3. The van der Waals surface area contributed by atoms with Crippen molar-refractivity contribution < 1.29 is 8.42 Å². The normalized spacial score (nSPS) is 11.9. The van der Waals surface area contributed by atoms with Crippen LogP contribution in [0.5, 0.6) is 0 Å². The van der Waals surface area contributed by atoms with E-state index in [1.165, 1.54) is 3.97 Å². The smallest absolute Gasteiger partial charge is 0.233 e. The molecule has 4 aromatic carbocycles. The van der Waals surface area contributed by atoms with E-state index in [0.717, 1.165) is 27.5 Å². The van der Waals surface area contributed by atoms with E-state index >= 15 is 0 Å². The standard InChI is InChI=1S/C25H19NO2S/c1-18-14-16-20(17-15-18)29(27,28)26-24-13-6-5-10-22(24)23-12-7-11-21(25(23)26)19-8-3-2-4-9-19/h2-17H,1H3. The van der Waals surface area contributed by atoms with Crippen LogP contribution in [0, 0.1) is 6.92 Å². The van der Waals surface area contributed by atoms with Gasteiger partial charge in [-0.25, -0.2) is 12.4 Å². The fourth-order valence-electron chi connectivity index (χ4n) is 3.89. The highest BCUT2D eigenvalue weighted by atomic mass is 32.2. The number of para-hydroxylation sites is 2. The zero-order chi connectivity index (χ0) is 20.0. The Morgan fingerprint density at radius 1 is 0.655 bits per heavy atom. The fraction of sp³-hybridized carbons (Fsp3) is 0.0400. The van der Waals surface area contributed by atoms with Crippen LogP contribution in [0.2, 0.25) is 0 Å². The van der Waals surface area contributed by atoms with Crippen LogP contribution in [-0.2, 0) is 10.0 Å². The van der Waals surface area contributed by atoms with Gasteiger partial charge < -0.3 is 0 Å². The van der Waals surface area contributed by atoms with E-state index in [1.807, 2.05) is 91.9 Å². The molecule has 4 heteroatoms. The highest BCUT2D eigenvalue weighted by Crippen LogP contribution is 2.38. The number of aromatic nitrogens is 1. The van der Waals surface area contributed by atoms with Crippen LogP contribution in [0.1, 0.15) is 5.56 Å². The molecule has 3 nitrogen and oxygen atoms in total. The zero-order valence-electron chi connectivity index (χ0n) is 15.9. The molecule has 0 atom stereocenters. The van der Waals surface area contributed by atoms with Crippen LogP contribution in [0.3, 0.4) is 0 Å². The molecule has 142 valence electrons. The lowest BCUT2D eigenvalue weighted by Gasteiger charge is -2.12. The summed E-state index contributed by atoms with van der Waals surface area (Å²) in [7, 11) is -3.78. The summed E-state index contributed by atoms with van der Waals surface area (Å²) in [5.74, 6) is 0. The van der Waals surface area contributed by atoms with Gasteiger partial charge in [-0.1, -0.05) is 84.4 Å². The average Bonchev–Trinajstić information content (AvgIpc) is 3.10. The fourth-order valence-corrected chi connectivity index (χ4v) is 5.44. The van der Waals surface area contributed by atoms with E-state index in [0.29, 0.717) is 11.0 Å². The highest BCUT2D eigenvalue weighted by molar-refractivity contribution is 7.90. The van der Waals surface area contributed by atoms with Gasteiger partial charge in [-0.2, -0.15) is 0 Å². The molecule has 29 heavy (non-hydrogen) atoms. The number of hydrogen-bond donors (Lipinski definition) is 0. The number of rotatable bonds is 3.